The summed E-state index contributed by atoms with van der Waals surface area (Å²) in [4.78, 5) is 2.43. The number of hydrogen-bond acceptors (Lipinski definition) is 1. The largest absolute Gasteiger partial charge is 0.359 e. The average Bonchev–Trinajstić information content (AvgIpc) is 2.38. The highest BCUT2D eigenvalue weighted by molar-refractivity contribution is 5.50. The van der Waals surface area contributed by atoms with Crippen LogP contribution in [0.4, 0.5) is 5.69 Å². The van der Waals surface area contributed by atoms with E-state index in [2.05, 4.69) is 60.5 Å². The van der Waals surface area contributed by atoms with Crippen LogP contribution in [0.2, 0.25) is 0 Å². The molecule has 0 aliphatic carbocycles. The fraction of sp³-hybridized carbons (Fsp3) is 0.333. The van der Waals surface area contributed by atoms with E-state index >= 15 is 0 Å². The molecule has 2 rings (SSSR count). The lowest BCUT2D eigenvalue weighted by Crippen LogP contribution is -2.44. The summed E-state index contributed by atoms with van der Waals surface area (Å²) >= 11 is 0. The first-order chi connectivity index (χ1) is 7.86. The van der Waals surface area contributed by atoms with Crippen LogP contribution in [0.15, 0.2) is 55.6 Å². The summed E-state index contributed by atoms with van der Waals surface area (Å²) < 4.78 is 0. The molecule has 1 aromatic rings. The van der Waals surface area contributed by atoms with Crippen LogP contribution in [-0.4, -0.2) is 12.1 Å². The van der Waals surface area contributed by atoms with Gasteiger partial charge in [0, 0.05) is 17.8 Å². The van der Waals surface area contributed by atoms with E-state index in [1.54, 1.807) is 0 Å². The molecule has 0 unspecified atom stereocenters. The summed E-state index contributed by atoms with van der Waals surface area (Å²) in [5.41, 5.74) is 1.28. The molecule has 1 aliphatic heterocycles. The molecule has 1 aliphatic rings. The van der Waals surface area contributed by atoms with Crippen LogP contribution in [0.5, 0.6) is 0 Å². The molecule has 1 nitrogen and oxygen atoms in total. The zero-order chi connectivity index (χ0) is 11.4. The van der Waals surface area contributed by atoms with Gasteiger partial charge in [-0.25, -0.2) is 0 Å². The second-order valence-corrected chi connectivity index (χ2v) is 4.28. The maximum absolute atomic E-state index is 3.95. The van der Waals surface area contributed by atoms with Gasteiger partial charge in [0.05, 0.1) is 0 Å². The predicted molar refractivity (Wildman–Crippen MR) is 70.7 cm³/mol. The van der Waals surface area contributed by atoms with Crippen LogP contribution in [0.25, 0.3) is 0 Å². The van der Waals surface area contributed by atoms with Crippen LogP contribution >= 0.6 is 0 Å². The van der Waals surface area contributed by atoms with Crippen molar-refractivity contribution >= 4 is 5.69 Å². The molecule has 84 valence electrons. The smallest absolute Gasteiger partial charge is 0.0476 e. The minimum absolute atomic E-state index is 0.444. The van der Waals surface area contributed by atoms with E-state index in [1.165, 1.54) is 24.9 Å². The van der Waals surface area contributed by atoms with Gasteiger partial charge >= 0.3 is 0 Å². The average molecular weight is 213 g/mol. The summed E-state index contributed by atoms with van der Waals surface area (Å²) in [6.07, 6.45) is 7.77. The number of rotatable bonds is 3. The molecule has 1 aromatic carbocycles. The van der Waals surface area contributed by atoms with Gasteiger partial charge in [-0.2, -0.15) is 0 Å². The molecule has 0 spiro atoms. The lowest BCUT2D eigenvalue weighted by molar-refractivity contribution is 0.462. The monoisotopic (exact) mass is 213 g/mol. The van der Waals surface area contributed by atoms with Gasteiger partial charge in [-0.1, -0.05) is 30.4 Å². The maximum atomic E-state index is 3.95. The second-order valence-electron chi connectivity index (χ2n) is 4.28. The first-order valence-corrected chi connectivity index (χ1v) is 5.95. The van der Waals surface area contributed by atoms with Gasteiger partial charge < -0.3 is 4.90 Å². The number of piperidine rings is 1. The Morgan fingerprint density at radius 3 is 2.06 bits per heavy atom. The van der Waals surface area contributed by atoms with Crippen molar-refractivity contribution in [3.05, 3.63) is 55.6 Å². The molecular weight excluding hydrogens is 194 g/mol. The van der Waals surface area contributed by atoms with Crippen LogP contribution in [0.1, 0.15) is 19.3 Å². The molecular formula is C15H19N. The Balaban J connectivity index is 2.31. The molecule has 0 radical (unpaired) electrons. The van der Waals surface area contributed by atoms with E-state index in [-0.39, 0.29) is 0 Å². The Morgan fingerprint density at radius 2 is 1.56 bits per heavy atom. The molecule has 2 atom stereocenters. The van der Waals surface area contributed by atoms with Gasteiger partial charge in [-0.15, -0.1) is 13.2 Å². The van der Waals surface area contributed by atoms with Crippen molar-refractivity contribution in [2.24, 2.45) is 0 Å². The van der Waals surface area contributed by atoms with E-state index in [4.69, 9.17) is 0 Å². The highest BCUT2D eigenvalue weighted by Crippen LogP contribution is 2.29. The number of benzene rings is 1. The third-order valence-electron chi connectivity index (χ3n) is 3.31. The highest BCUT2D eigenvalue weighted by atomic mass is 15.2. The fourth-order valence-electron chi connectivity index (χ4n) is 2.51. The highest BCUT2D eigenvalue weighted by Gasteiger charge is 2.26. The lowest BCUT2D eigenvalue weighted by Gasteiger charge is -2.41. The molecule has 0 N–H and O–H groups in total. The SMILES string of the molecule is C=C[C@@H]1CCC[C@H](C=C)N1c1ccccc1. The predicted octanol–water partition coefficient (Wildman–Crippen LogP) is 3.79. The zero-order valence-corrected chi connectivity index (χ0v) is 9.68. The summed E-state index contributed by atoms with van der Waals surface area (Å²) in [6, 6.07) is 11.4. The van der Waals surface area contributed by atoms with Crippen LogP contribution < -0.4 is 4.90 Å². The van der Waals surface area contributed by atoms with Gasteiger partial charge in [0.25, 0.3) is 0 Å². The molecule has 1 heterocycles. The van der Waals surface area contributed by atoms with Crippen LogP contribution in [0.3, 0.4) is 0 Å². The molecule has 0 aromatic heterocycles. The number of nitrogens with zero attached hydrogens (tertiary/aromatic N) is 1. The van der Waals surface area contributed by atoms with Gasteiger partial charge in [-0.3, -0.25) is 0 Å². The molecule has 1 saturated heterocycles. The second kappa shape index (κ2) is 5.02. The fourth-order valence-corrected chi connectivity index (χ4v) is 2.51. The maximum Gasteiger partial charge on any atom is 0.0476 e. The van der Waals surface area contributed by atoms with E-state index in [0.717, 1.165) is 0 Å². The van der Waals surface area contributed by atoms with E-state index < -0.39 is 0 Å². The van der Waals surface area contributed by atoms with E-state index in [9.17, 15) is 0 Å². The van der Waals surface area contributed by atoms with Crippen LogP contribution in [0, 0.1) is 0 Å². The summed E-state index contributed by atoms with van der Waals surface area (Å²) in [5, 5.41) is 0. The van der Waals surface area contributed by atoms with Crippen molar-refractivity contribution in [1.82, 2.24) is 0 Å². The topological polar surface area (TPSA) is 3.24 Å². The standard InChI is InChI=1S/C15H19N/c1-3-13-11-8-12-14(4-2)16(13)15-9-6-5-7-10-15/h3-7,9-10,13-14H,1-2,8,11-12H2/t13-,14+. The van der Waals surface area contributed by atoms with Crippen molar-refractivity contribution in [3.8, 4) is 0 Å². The number of hydrogen-bond donors (Lipinski definition) is 0. The van der Waals surface area contributed by atoms with Gasteiger partial charge in [-0.05, 0) is 31.4 Å². The minimum Gasteiger partial charge on any atom is -0.359 e. The first kappa shape index (κ1) is 11.0. The third kappa shape index (κ3) is 2.04. The Kier molecular flexibility index (Phi) is 3.45. The zero-order valence-electron chi connectivity index (χ0n) is 9.68. The van der Waals surface area contributed by atoms with E-state index in [0.29, 0.717) is 12.1 Å². The molecule has 0 saturated carbocycles. The molecule has 0 amide bonds. The van der Waals surface area contributed by atoms with Gasteiger partial charge in [0.15, 0.2) is 0 Å². The van der Waals surface area contributed by atoms with Crippen molar-refractivity contribution in [3.63, 3.8) is 0 Å². The Bertz CT molecular complexity index is 339. The summed E-state index contributed by atoms with van der Waals surface area (Å²) in [5.74, 6) is 0. The number of anilines is 1. The van der Waals surface area contributed by atoms with Crippen LogP contribution in [-0.2, 0) is 0 Å². The summed E-state index contributed by atoms with van der Waals surface area (Å²) in [6.45, 7) is 7.91. The van der Waals surface area contributed by atoms with Crippen molar-refractivity contribution in [2.75, 3.05) is 4.90 Å². The quantitative estimate of drug-likeness (QED) is 0.690. The summed E-state index contributed by atoms with van der Waals surface area (Å²) in [7, 11) is 0. The Morgan fingerprint density at radius 1 is 1.00 bits per heavy atom. The minimum atomic E-state index is 0.444. The van der Waals surface area contributed by atoms with Crippen molar-refractivity contribution < 1.29 is 0 Å². The molecule has 0 bridgehead atoms. The van der Waals surface area contributed by atoms with Gasteiger partial charge in [0.1, 0.15) is 0 Å². The molecule has 1 heteroatoms. The number of para-hydroxylation sites is 1. The third-order valence-corrected chi connectivity index (χ3v) is 3.31. The Hall–Kier alpha value is -1.50. The molecule has 16 heavy (non-hydrogen) atoms. The van der Waals surface area contributed by atoms with Crippen molar-refractivity contribution in [2.45, 2.75) is 31.3 Å². The van der Waals surface area contributed by atoms with Gasteiger partial charge in [0.2, 0.25) is 0 Å². The first-order valence-electron chi connectivity index (χ1n) is 5.95. The van der Waals surface area contributed by atoms with E-state index in [1.807, 2.05) is 0 Å². The Labute approximate surface area is 98.1 Å². The lowest BCUT2D eigenvalue weighted by atomic mass is 9.94. The normalized spacial score (nSPS) is 25.1. The van der Waals surface area contributed by atoms with Crippen molar-refractivity contribution in [1.29, 1.82) is 0 Å². The molecule has 1 fully saturated rings.